The summed E-state index contributed by atoms with van der Waals surface area (Å²) in [6.07, 6.45) is 0. The van der Waals surface area contributed by atoms with Crippen molar-refractivity contribution in [2.75, 3.05) is 30.9 Å². The van der Waals surface area contributed by atoms with Crippen molar-refractivity contribution in [3.63, 3.8) is 0 Å². The lowest BCUT2D eigenvalue weighted by Gasteiger charge is -2.21. The number of amides is 1. The molecular weight excluding hydrogens is 452 g/mol. The average molecular weight is 483 g/mol. The lowest BCUT2D eigenvalue weighted by Crippen LogP contribution is -2.26. The maximum absolute atomic E-state index is 13.1. The first-order valence-corrected chi connectivity index (χ1v) is 12.3. The van der Waals surface area contributed by atoms with Gasteiger partial charge in [-0.25, -0.2) is 8.42 Å². The number of anilines is 2. The van der Waals surface area contributed by atoms with Crippen LogP contribution in [0.15, 0.2) is 65.6 Å². The number of benzene rings is 3. The number of aryl methyl sites for hydroxylation is 1. The number of para-hydroxylation sites is 1. The number of sulfonamides is 1. The predicted octanol–water partition coefficient (Wildman–Crippen LogP) is 5.21. The highest BCUT2D eigenvalue weighted by molar-refractivity contribution is 7.92. The Morgan fingerprint density at radius 2 is 1.59 bits per heavy atom. The van der Waals surface area contributed by atoms with E-state index in [1.807, 2.05) is 25.1 Å². The van der Waals surface area contributed by atoms with Gasteiger partial charge in [0.2, 0.25) is 0 Å². The van der Waals surface area contributed by atoms with Crippen LogP contribution < -0.4 is 19.1 Å². The molecule has 0 saturated carbocycles. The second-order valence-electron chi connectivity index (χ2n) is 8.18. The number of rotatable bonds is 8. The monoisotopic (exact) mass is 482 g/mol. The summed E-state index contributed by atoms with van der Waals surface area (Å²) < 4.78 is 37.9. The van der Waals surface area contributed by atoms with Crippen LogP contribution in [-0.4, -0.2) is 35.6 Å². The molecule has 3 rings (SSSR count). The van der Waals surface area contributed by atoms with Crippen molar-refractivity contribution in [1.29, 1.82) is 0 Å². The number of carbonyl (C=O) groups is 1. The molecule has 0 aliphatic rings. The van der Waals surface area contributed by atoms with Crippen LogP contribution in [-0.2, 0) is 10.0 Å². The fraction of sp³-hybridized carbons (Fsp3) is 0.269. The third-order valence-corrected chi connectivity index (χ3v) is 7.45. The SMILES string of the molecule is COc1ccc(S(=O)(=O)N(C)c2ccc(C(=O)Nc3c(C)cccc3C(C)C)cc2)cc1OC. The first kappa shape index (κ1) is 25.1. The third-order valence-electron chi connectivity index (χ3n) is 5.67. The lowest BCUT2D eigenvalue weighted by molar-refractivity contribution is 0.102. The second-order valence-corrected chi connectivity index (χ2v) is 10.2. The van der Waals surface area contributed by atoms with Crippen LogP contribution >= 0.6 is 0 Å². The molecule has 0 atom stereocenters. The van der Waals surface area contributed by atoms with E-state index in [0.717, 1.165) is 21.1 Å². The number of hydrogen-bond acceptors (Lipinski definition) is 5. The number of nitrogens with one attached hydrogen (secondary N) is 1. The van der Waals surface area contributed by atoms with Gasteiger partial charge in [-0.2, -0.15) is 0 Å². The average Bonchev–Trinajstić information content (AvgIpc) is 2.84. The molecule has 7 nitrogen and oxygen atoms in total. The van der Waals surface area contributed by atoms with Crippen LogP contribution in [0.1, 0.15) is 41.3 Å². The minimum Gasteiger partial charge on any atom is -0.493 e. The van der Waals surface area contributed by atoms with Gasteiger partial charge in [0.05, 0.1) is 24.8 Å². The van der Waals surface area contributed by atoms with E-state index in [4.69, 9.17) is 9.47 Å². The summed E-state index contributed by atoms with van der Waals surface area (Å²) in [5.74, 6) is 0.760. The molecule has 0 aromatic heterocycles. The van der Waals surface area contributed by atoms with Gasteiger partial charge in [0.1, 0.15) is 0 Å². The van der Waals surface area contributed by atoms with Gasteiger partial charge in [0, 0.05) is 24.4 Å². The maximum Gasteiger partial charge on any atom is 0.264 e. The van der Waals surface area contributed by atoms with Crippen molar-refractivity contribution in [3.8, 4) is 11.5 Å². The van der Waals surface area contributed by atoms with Gasteiger partial charge in [-0.15, -0.1) is 0 Å². The van der Waals surface area contributed by atoms with E-state index in [1.54, 1.807) is 30.3 Å². The summed E-state index contributed by atoms with van der Waals surface area (Å²) in [5, 5.41) is 3.01. The molecule has 3 aromatic rings. The highest BCUT2D eigenvalue weighted by atomic mass is 32.2. The number of hydrogen-bond donors (Lipinski definition) is 1. The molecule has 8 heteroatoms. The Morgan fingerprint density at radius 3 is 2.18 bits per heavy atom. The molecule has 0 radical (unpaired) electrons. The first-order valence-electron chi connectivity index (χ1n) is 10.8. The second kappa shape index (κ2) is 10.2. The van der Waals surface area contributed by atoms with E-state index in [1.165, 1.54) is 33.4 Å². The maximum atomic E-state index is 13.1. The summed E-state index contributed by atoms with van der Waals surface area (Å²) in [6.45, 7) is 6.11. The highest BCUT2D eigenvalue weighted by Crippen LogP contribution is 2.32. The van der Waals surface area contributed by atoms with E-state index in [-0.39, 0.29) is 16.7 Å². The van der Waals surface area contributed by atoms with Gasteiger partial charge >= 0.3 is 0 Å². The van der Waals surface area contributed by atoms with E-state index >= 15 is 0 Å². The van der Waals surface area contributed by atoms with E-state index < -0.39 is 10.0 Å². The van der Waals surface area contributed by atoms with E-state index in [9.17, 15) is 13.2 Å². The fourth-order valence-electron chi connectivity index (χ4n) is 3.62. The van der Waals surface area contributed by atoms with Crippen LogP contribution in [0.3, 0.4) is 0 Å². The number of methoxy groups -OCH3 is 2. The third kappa shape index (κ3) is 5.02. The number of ether oxygens (including phenoxy) is 2. The quantitative estimate of drug-likeness (QED) is 0.476. The van der Waals surface area contributed by atoms with Crippen molar-refractivity contribution in [3.05, 3.63) is 77.4 Å². The molecule has 180 valence electrons. The molecule has 1 N–H and O–H groups in total. The van der Waals surface area contributed by atoms with Crippen LogP contribution in [0.2, 0.25) is 0 Å². The van der Waals surface area contributed by atoms with Gasteiger partial charge < -0.3 is 14.8 Å². The molecule has 0 bridgehead atoms. The standard InChI is InChI=1S/C26H30N2O5S/c1-17(2)22-9-7-8-18(3)25(22)27-26(29)19-10-12-20(13-11-19)28(4)34(30,31)21-14-15-23(32-5)24(16-21)33-6/h7-17H,1-6H3,(H,27,29). The van der Waals surface area contributed by atoms with Gasteiger partial charge in [-0.05, 0) is 60.4 Å². The van der Waals surface area contributed by atoms with Gasteiger partial charge in [0.25, 0.3) is 15.9 Å². The molecular formula is C26H30N2O5S. The number of carbonyl (C=O) groups excluding carboxylic acids is 1. The lowest BCUT2D eigenvalue weighted by atomic mass is 9.98. The summed E-state index contributed by atoms with van der Waals surface area (Å²) >= 11 is 0. The first-order chi connectivity index (χ1) is 16.1. The van der Waals surface area contributed by atoms with Crippen LogP contribution in [0.25, 0.3) is 0 Å². The zero-order chi connectivity index (χ0) is 25.0. The minimum atomic E-state index is -3.85. The molecule has 0 fully saturated rings. The van der Waals surface area contributed by atoms with Gasteiger partial charge in [-0.3, -0.25) is 9.10 Å². The summed E-state index contributed by atoms with van der Waals surface area (Å²) in [7, 11) is 0.539. The number of nitrogens with zero attached hydrogens (tertiary/aromatic N) is 1. The van der Waals surface area contributed by atoms with Crippen molar-refractivity contribution >= 4 is 27.3 Å². The smallest absolute Gasteiger partial charge is 0.264 e. The summed E-state index contributed by atoms with van der Waals surface area (Å²) in [5.41, 5.74) is 3.70. The Bertz CT molecular complexity index is 1290. The van der Waals surface area contributed by atoms with Crippen molar-refractivity contribution in [2.24, 2.45) is 0 Å². The van der Waals surface area contributed by atoms with Crippen LogP contribution in [0.5, 0.6) is 11.5 Å². The Morgan fingerprint density at radius 1 is 0.941 bits per heavy atom. The van der Waals surface area contributed by atoms with E-state index in [2.05, 4.69) is 19.2 Å². The van der Waals surface area contributed by atoms with Crippen molar-refractivity contribution < 1.29 is 22.7 Å². The van der Waals surface area contributed by atoms with Gasteiger partial charge in [-0.1, -0.05) is 32.0 Å². The van der Waals surface area contributed by atoms with Crippen LogP contribution in [0.4, 0.5) is 11.4 Å². The molecule has 0 saturated heterocycles. The molecule has 34 heavy (non-hydrogen) atoms. The van der Waals surface area contributed by atoms with Crippen molar-refractivity contribution in [1.82, 2.24) is 0 Å². The Hall–Kier alpha value is -3.52. The predicted molar refractivity (Wildman–Crippen MR) is 135 cm³/mol. The molecule has 3 aromatic carbocycles. The van der Waals surface area contributed by atoms with Gasteiger partial charge in [0.15, 0.2) is 11.5 Å². The van der Waals surface area contributed by atoms with E-state index in [0.29, 0.717) is 22.7 Å². The Labute approximate surface area is 201 Å². The molecule has 0 heterocycles. The summed E-state index contributed by atoms with van der Waals surface area (Å²) in [6, 6.07) is 16.8. The van der Waals surface area contributed by atoms with Crippen molar-refractivity contribution in [2.45, 2.75) is 31.6 Å². The molecule has 0 spiro atoms. The largest absolute Gasteiger partial charge is 0.493 e. The molecule has 1 amide bonds. The van der Waals surface area contributed by atoms with Crippen LogP contribution in [0, 0.1) is 6.92 Å². The Kier molecular flexibility index (Phi) is 7.51. The minimum absolute atomic E-state index is 0.0650. The molecule has 0 aliphatic heterocycles. The zero-order valence-corrected chi connectivity index (χ0v) is 21.1. The normalized spacial score (nSPS) is 11.3. The highest BCUT2D eigenvalue weighted by Gasteiger charge is 2.23. The topological polar surface area (TPSA) is 84.9 Å². The molecule has 0 aliphatic carbocycles. The molecule has 0 unspecified atom stereocenters. The zero-order valence-electron chi connectivity index (χ0n) is 20.2. The fourth-order valence-corrected chi connectivity index (χ4v) is 4.84. The summed E-state index contributed by atoms with van der Waals surface area (Å²) in [4.78, 5) is 13.0. The Balaban J connectivity index is 1.84.